The normalized spacial score (nSPS) is 11.6. The number of rotatable bonds is 5. The zero-order valence-corrected chi connectivity index (χ0v) is 14.6. The summed E-state index contributed by atoms with van der Waals surface area (Å²) in [6.07, 6.45) is 2.70. The molecule has 2 aromatic carbocycles. The molecule has 0 aliphatic carbocycles. The maximum atomic E-state index is 10.2. The zero-order valence-electron chi connectivity index (χ0n) is 14.6. The van der Waals surface area contributed by atoms with E-state index in [0.717, 1.165) is 40.0 Å². The standard InChI is InChI=1S/C21H20O4/c1-4-14(11-16-6-9-17(23-2)12-19(16)22)20-10-7-15-5-8-18(24-3)13-21(15)25-20/h5-13H,4H2,1-3H3/p+1/b14-11-. The first-order chi connectivity index (χ1) is 12.1. The minimum Gasteiger partial charge on any atom is -0.507 e. The molecule has 3 aromatic rings. The summed E-state index contributed by atoms with van der Waals surface area (Å²) in [4.78, 5) is 0. The molecule has 4 nitrogen and oxygen atoms in total. The van der Waals surface area contributed by atoms with Crippen LogP contribution in [0.4, 0.5) is 0 Å². The van der Waals surface area contributed by atoms with E-state index in [0.29, 0.717) is 5.75 Å². The summed E-state index contributed by atoms with van der Waals surface area (Å²) in [5.41, 5.74) is 2.47. The van der Waals surface area contributed by atoms with Gasteiger partial charge in [-0.1, -0.05) is 6.92 Å². The average Bonchev–Trinajstić information content (AvgIpc) is 2.66. The highest BCUT2D eigenvalue weighted by atomic mass is 16.5. The van der Waals surface area contributed by atoms with Gasteiger partial charge in [0.25, 0.3) is 0 Å². The molecule has 0 amide bonds. The van der Waals surface area contributed by atoms with Crippen molar-refractivity contribution in [1.29, 1.82) is 0 Å². The molecule has 4 heteroatoms. The first kappa shape index (κ1) is 16.8. The van der Waals surface area contributed by atoms with Gasteiger partial charge in [-0.25, -0.2) is 4.42 Å². The molecule has 0 bridgehead atoms. The van der Waals surface area contributed by atoms with E-state index in [1.165, 1.54) is 0 Å². The number of hydrogen-bond acceptors (Lipinski definition) is 3. The second kappa shape index (κ2) is 7.26. The molecule has 0 saturated heterocycles. The van der Waals surface area contributed by atoms with Gasteiger partial charge in [0, 0.05) is 17.7 Å². The minimum atomic E-state index is 0.174. The second-order valence-corrected chi connectivity index (χ2v) is 5.65. The SMILES string of the molecule is CC/C(=C/c1ccc(OC)cc1O)c1ccc2ccc(OC)cc2[o+]1. The number of benzene rings is 2. The van der Waals surface area contributed by atoms with Crippen molar-refractivity contribution in [2.75, 3.05) is 14.2 Å². The molecule has 1 heterocycles. The van der Waals surface area contributed by atoms with Crippen molar-refractivity contribution in [2.45, 2.75) is 13.3 Å². The molecular formula is C21H21O4+. The number of fused-ring (bicyclic) bond motifs is 1. The summed E-state index contributed by atoms with van der Waals surface area (Å²) in [5.74, 6) is 2.31. The Morgan fingerprint density at radius 1 is 1.00 bits per heavy atom. The van der Waals surface area contributed by atoms with Gasteiger partial charge < -0.3 is 14.6 Å². The van der Waals surface area contributed by atoms with E-state index < -0.39 is 0 Å². The number of hydrogen-bond donors (Lipinski definition) is 1. The van der Waals surface area contributed by atoms with Crippen LogP contribution in [0.5, 0.6) is 17.2 Å². The fourth-order valence-corrected chi connectivity index (χ4v) is 2.67. The van der Waals surface area contributed by atoms with E-state index in [1.807, 2.05) is 48.5 Å². The summed E-state index contributed by atoms with van der Waals surface area (Å²) in [6.45, 7) is 2.05. The van der Waals surface area contributed by atoms with Crippen LogP contribution in [0.1, 0.15) is 24.7 Å². The molecule has 0 fully saturated rings. The molecule has 0 unspecified atom stereocenters. The first-order valence-electron chi connectivity index (χ1n) is 8.13. The Bertz CT molecular complexity index is 928. The molecule has 128 valence electrons. The summed E-state index contributed by atoms with van der Waals surface area (Å²) in [7, 11) is 3.21. The third-order valence-electron chi connectivity index (χ3n) is 4.12. The maximum absolute atomic E-state index is 10.2. The van der Waals surface area contributed by atoms with Crippen LogP contribution in [-0.2, 0) is 0 Å². The van der Waals surface area contributed by atoms with Gasteiger partial charge in [0.15, 0.2) is 0 Å². The van der Waals surface area contributed by atoms with Gasteiger partial charge in [-0.3, -0.25) is 0 Å². The molecule has 0 aliphatic heterocycles. The van der Waals surface area contributed by atoms with E-state index in [1.54, 1.807) is 20.3 Å². The van der Waals surface area contributed by atoms with Crippen molar-refractivity contribution in [1.82, 2.24) is 0 Å². The summed E-state index contributed by atoms with van der Waals surface area (Å²) >= 11 is 0. The van der Waals surface area contributed by atoms with Crippen molar-refractivity contribution in [3.8, 4) is 17.2 Å². The first-order valence-corrected chi connectivity index (χ1v) is 8.13. The van der Waals surface area contributed by atoms with E-state index in [4.69, 9.17) is 13.9 Å². The van der Waals surface area contributed by atoms with Crippen LogP contribution in [-0.4, -0.2) is 19.3 Å². The van der Waals surface area contributed by atoms with E-state index in [-0.39, 0.29) is 5.75 Å². The van der Waals surface area contributed by atoms with Crippen LogP contribution >= 0.6 is 0 Å². The van der Waals surface area contributed by atoms with E-state index >= 15 is 0 Å². The Balaban J connectivity index is 2.04. The molecule has 3 rings (SSSR count). The van der Waals surface area contributed by atoms with Gasteiger partial charge in [0.2, 0.25) is 0 Å². The summed E-state index contributed by atoms with van der Waals surface area (Å²) < 4.78 is 16.4. The number of phenols is 1. The highest BCUT2D eigenvalue weighted by Crippen LogP contribution is 2.31. The lowest BCUT2D eigenvalue weighted by Crippen LogP contribution is -1.87. The lowest BCUT2D eigenvalue weighted by Gasteiger charge is -2.04. The lowest BCUT2D eigenvalue weighted by molar-refractivity contribution is 0.407. The number of aromatic hydroxyl groups is 1. The van der Waals surface area contributed by atoms with Crippen LogP contribution in [0.25, 0.3) is 22.6 Å². The summed E-state index contributed by atoms with van der Waals surface area (Å²) in [5, 5.41) is 11.2. The maximum Gasteiger partial charge on any atom is 0.364 e. The van der Waals surface area contributed by atoms with Gasteiger partial charge in [0.05, 0.1) is 31.2 Å². The molecule has 1 N–H and O–H groups in total. The Labute approximate surface area is 146 Å². The van der Waals surface area contributed by atoms with Crippen LogP contribution in [0.15, 0.2) is 52.9 Å². The van der Waals surface area contributed by atoms with Crippen molar-refractivity contribution in [3.63, 3.8) is 0 Å². The highest BCUT2D eigenvalue weighted by Gasteiger charge is 2.17. The monoisotopic (exact) mass is 337 g/mol. The third kappa shape index (κ3) is 3.58. The van der Waals surface area contributed by atoms with Crippen LogP contribution in [0.2, 0.25) is 0 Å². The van der Waals surface area contributed by atoms with E-state index in [9.17, 15) is 5.11 Å². The Morgan fingerprint density at radius 2 is 1.68 bits per heavy atom. The van der Waals surface area contributed by atoms with Gasteiger partial charge >= 0.3 is 11.3 Å². The van der Waals surface area contributed by atoms with Crippen molar-refractivity contribution < 1.29 is 19.0 Å². The Kier molecular flexibility index (Phi) is 4.89. The molecule has 0 atom stereocenters. The predicted molar refractivity (Wildman–Crippen MR) is 100.0 cm³/mol. The minimum absolute atomic E-state index is 0.174. The molecule has 0 spiro atoms. The van der Waals surface area contributed by atoms with Crippen LogP contribution in [0.3, 0.4) is 0 Å². The van der Waals surface area contributed by atoms with Gasteiger partial charge in [-0.05, 0) is 42.8 Å². The fourth-order valence-electron chi connectivity index (χ4n) is 2.67. The topological polar surface area (TPSA) is 50.0 Å². The highest BCUT2D eigenvalue weighted by molar-refractivity contribution is 5.84. The number of methoxy groups -OCH3 is 2. The van der Waals surface area contributed by atoms with Crippen molar-refractivity contribution in [3.05, 3.63) is 59.9 Å². The predicted octanol–water partition coefficient (Wildman–Crippen LogP) is 5.39. The molecular weight excluding hydrogens is 316 g/mol. The molecule has 0 saturated carbocycles. The quantitative estimate of drug-likeness (QED) is 0.634. The smallest absolute Gasteiger partial charge is 0.364 e. The van der Waals surface area contributed by atoms with Crippen LogP contribution < -0.4 is 9.47 Å². The van der Waals surface area contributed by atoms with E-state index in [2.05, 4.69) is 6.92 Å². The van der Waals surface area contributed by atoms with Crippen molar-refractivity contribution >= 4 is 22.6 Å². The molecule has 1 aromatic heterocycles. The third-order valence-corrected chi connectivity index (χ3v) is 4.12. The molecule has 25 heavy (non-hydrogen) atoms. The lowest BCUT2D eigenvalue weighted by atomic mass is 10.0. The number of phenolic OH excluding ortho intramolecular Hbond substituents is 1. The number of ether oxygens (including phenoxy) is 2. The second-order valence-electron chi connectivity index (χ2n) is 5.65. The molecule has 0 radical (unpaired) electrons. The van der Waals surface area contributed by atoms with Crippen LogP contribution in [0, 0.1) is 0 Å². The zero-order chi connectivity index (χ0) is 17.8. The molecule has 0 aliphatic rings. The average molecular weight is 337 g/mol. The Morgan fingerprint density at radius 3 is 2.36 bits per heavy atom. The largest absolute Gasteiger partial charge is 0.507 e. The van der Waals surface area contributed by atoms with Crippen molar-refractivity contribution in [2.24, 2.45) is 0 Å². The van der Waals surface area contributed by atoms with Gasteiger partial charge in [-0.15, -0.1) is 0 Å². The number of allylic oxidation sites excluding steroid dienone is 1. The fraction of sp³-hybridized carbons (Fsp3) is 0.190. The Hall–Kier alpha value is -3.01. The van der Waals surface area contributed by atoms with Gasteiger partial charge in [0.1, 0.15) is 17.2 Å². The summed E-state index contributed by atoms with van der Waals surface area (Å²) in [6, 6.07) is 15.0. The van der Waals surface area contributed by atoms with Gasteiger partial charge in [-0.2, -0.15) is 0 Å².